The summed E-state index contributed by atoms with van der Waals surface area (Å²) in [6, 6.07) is 10.3. The topological polar surface area (TPSA) is 55.6 Å². The molecule has 0 aliphatic heterocycles. The second kappa shape index (κ2) is 6.86. The Labute approximate surface area is 142 Å². The van der Waals surface area contributed by atoms with E-state index >= 15 is 0 Å². The van der Waals surface area contributed by atoms with E-state index in [0.29, 0.717) is 5.78 Å². The predicted octanol–water partition coefficient (Wildman–Crippen LogP) is 3.11. The van der Waals surface area contributed by atoms with Gasteiger partial charge in [-0.1, -0.05) is 19.1 Å². The van der Waals surface area contributed by atoms with Crippen LogP contribution in [0.25, 0.3) is 5.78 Å². The first-order valence-corrected chi connectivity index (χ1v) is 8.23. The zero-order chi connectivity index (χ0) is 17.1. The fourth-order valence-corrected chi connectivity index (χ4v) is 2.64. The van der Waals surface area contributed by atoms with E-state index in [1.165, 1.54) is 11.9 Å². The van der Waals surface area contributed by atoms with Gasteiger partial charge in [0.05, 0.1) is 6.10 Å². The first kappa shape index (κ1) is 16.2. The summed E-state index contributed by atoms with van der Waals surface area (Å²) in [6.07, 6.45) is 2.57. The van der Waals surface area contributed by atoms with Crippen LogP contribution in [-0.4, -0.2) is 32.7 Å². The zero-order valence-corrected chi connectivity index (χ0v) is 14.6. The van der Waals surface area contributed by atoms with Gasteiger partial charge in [0.2, 0.25) is 0 Å². The lowest BCUT2D eigenvalue weighted by Crippen LogP contribution is -2.20. The van der Waals surface area contributed by atoms with Crippen molar-refractivity contribution in [1.82, 2.24) is 19.6 Å². The Hall–Kier alpha value is -2.63. The van der Waals surface area contributed by atoms with Gasteiger partial charge >= 0.3 is 0 Å². The van der Waals surface area contributed by atoms with Crippen LogP contribution in [0.15, 0.2) is 36.7 Å². The van der Waals surface area contributed by atoms with Gasteiger partial charge in [0, 0.05) is 25.4 Å². The molecule has 3 aromatic rings. The number of hydrogen-bond acceptors (Lipinski definition) is 5. The lowest BCUT2D eigenvalue weighted by molar-refractivity contribution is 0.242. The summed E-state index contributed by atoms with van der Waals surface area (Å²) in [6.45, 7) is 6.90. The van der Waals surface area contributed by atoms with Gasteiger partial charge in [0.1, 0.15) is 17.9 Å². The van der Waals surface area contributed by atoms with Crippen molar-refractivity contribution in [2.75, 3.05) is 11.9 Å². The highest BCUT2D eigenvalue weighted by Gasteiger charge is 2.12. The molecule has 2 aromatic heterocycles. The van der Waals surface area contributed by atoms with E-state index in [0.717, 1.165) is 30.2 Å². The molecule has 2 heterocycles. The quantitative estimate of drug-likeness (QED) is 0.697. The molecule has 0 spiro atoms. The van der Waals surface area contributed by atoms with Gasteiger partial charge in [-0.25, -0.2) is 4.98 Å². The summed E-state index contributed by atoms with van der Waals surface area (Å²) in [5.41, 5.74) is 2.19. The Morgan fingerprint density at radius 2 is 2.08 bits per heavy atom. The van der Waals surface area contributed by atoms with Gasteiger partial charge in [-0.3, -0.25) is 0 Å². The number of ether oxygens (including phenoxy) is 1. The Kier molecular flexibility index (Phi) is 4.64. The van der Waals surface area contributed by atoms with E-state index in [1.807, 2.05) is 33.0 Å². The molecule has 6 nitrogen and oxygen atoms in total. The third kappa shape index (κ3) is 3.48. The van der Waals surface area contributed by atoms with Crippen LogP contribution in [-0.2, 0) is 13.0 Å². The van der Waals surface area contributed by atoms with Crippen molar-refractivity contribution in [2.24, 2.45) is 0 Å². The standard InChI is InChI=1S/C18H23N5O/c1-5-15-10-17(23-18(21-15)19-12-20-23)22(4)11-14-7-6-8-16(9-14)24-13(2)3/h6-10,12-13H,5,11H2,1-4H3. The lowest BCUT2D eigenvalue weighted by Gasteiger charge is -2.21. The third-order valence-electron chi connectivity index (χ3n) is 3.73. The Morgan fingerprint density at radius 3 is 2.83 bits per heavy atom. The molecule has 0 saturated carbocycles. The van der Waals surface area contributed by atoms with Gasteiger partial charge in [0.15, 0.2) is 0 Å². The molecule has 1 aromatic carbocycles. The van der Waals surface area contributed by atoms with E-state index in [2.05, 4.69) is 45.1 Å². The van der Waals surface area contributed by atoms with Crippen molar-refractivity contribution < 1.29 is 4.74 Å². The van der Waals surface area contributed by atoms with Crippen LogP contribution in [0, 0.1) is 0 Å². The van der Waals surface area contributed by atoms with Crippen molar-refractivity contribution in [2.45, 2.75) is 39.8 Å². The minimum Gasteiger partial charge on any atom is -0.491 e. The first-order chi connectivity index (χ1) is 11.6. The smallest absolute Gasteiger partial charge is 0.254 e. The molecule has 0 aliphatic carbocycles. The summed E-state index contributed by atoms with van der Waals surface area (Å²) in [5, 5.41) is 4.29. The largest absolute Gasteiger partial charge is 0.491 e. The maximum Gasteiger partial charge on any atom is 0.254 e. The molecule has 0 aliphatic rings. The molecule has 6 heteroatoms. The van der Waals surface area contributed by atoms with Crippen LogP contribution in [0.3, 0.4) is 0 Å². The number of aromatic nitrogens is 4. The highest BCUT2D eigenvalue weighted by molar-refractivity contribution is 5.47. The molecule has 0 bridgehead atoms. The maximum absolute atomic E-state index is 5.78. The van der Waals surface area contributed by atoms with Crippen molar-refractivity contribution in [3.8, 4) is 5.75 Å². The molecule has 0 radical (unpaired) electrons. The minimum absolute atomic E-state index is 0.167. The van der Waals surface area contributed by atoms with Crippen LogP contribution >= 0.6 is 0 Å². The molecule has 3 rings (SSSR count). The fraction of sp³-hybridized carbons (Fsp3) is 0.389. The van der Waals surface area contributed by atoms with Gasteiger partial charge < -0.3 is 9.64 Å². The van der Waals surface area contributed by atoms with E-state index < -0.39 is 0 Å². The molecule has 0 N–H and O–H groups in total. The van der Waals surface area contributed by atoms with Crippen molar-refractivity contribution in [3.05, 3.63) is 47.9 Å². The molecule has 24 heavy (non-hydrogen) atoms. The normalized spacial score (nSPS) is 11.2. The molecule has 0 amide bonds. The van der Waals surface area contributed by atoms with Gasteiger partial charge in [-0.2, -0.15) is 14.6 Å². The van der Waals surface area contributed by atoms with Crippen molar-refractivity contribution >= 4 is 11.6 Å². The highest BCUT2D eigenvalue weighted by atomic mass is 16.5. The number of rotatable bonds is 6. The van der Waals surface area contributed by atoms with E-state index in [1.54, 1.807) is 4.52 Å². The number of aryl methyl sites for hydroxylation is 1. The fourth-order valence-electron chi connectivity index (χ4n) is 2.64. The van der Waals surface area contributed by atoms with Crippen molar-refractivity contribution in [1.29, 1.82) is 0 Å². The van der Waals surface area contributed by atoms with Crippen LogP contribution in [0.1, 0.15) is 32.0 Å². The van der Waals surface area contributed by atoms with E-state index in [9.17, 15) is 0 Å². The third-order valence-corrected chi connectivity index (χ3v) is 3.73. The molecule has 126 valence electrons. The number of hydrogen-bond donors (Lipinski definition) is 0. The molecule has 0 atom stereocenters. The summed E-state index contributed by atoms with van der Waals surface area (Å²) >= 11 is 0. The average Bonchev–Trinajstić information content (AvgIpc) is 3.01. The average molecular weight is 325 g/mol. The number of nitrogens with zero attached hydrogens (tertiary/aromatic N) is 5. The van der Waals surface area contributed by atoms with Crippen LogP contribution in [0.5, 0.6) is 5.75 Å². The Morgan fingerprint density at radius 1 is 1.25 bits per heavy atom. The summed E-state index contributed by atoms with van der Waals surface area (Å²) in [7, 11) is 2.05. The minimum atomic E-state index is 0.167. The van der Waals surface area contributed by atoms with Gasteiger partial charge in [-0.15, -0.1) is 0 Å². The first-order valence-electron chi connectivity index (χ1n) is 8.23. The maximum atomic E-state index is 5.78. The SMILES string of the molecule is CCc1cc(N(C)Cc2cccc(OC(C)C)c2)n2ncnc2n1. The highest BCUT2D eigenvalue weighted by Crippen LogP contribution is 2.20. The zero-order valence-electron chi connectivity index (χ0n) is 14.6. The Balaban J connectivity index is 1.87. The lowest BCUT2D eigenvalue weighted by atomic mass is 10.2. The van der Waals surface area contributed by atoms with Crippen LogP contribution in [0.4, 0.5) is 5.82 Å². The molecule has 0 unspecified atom stereocenters. The number of fused-ring (bicyclic) bond motifs is 1. The Bertz CT molecular complexity index is 827. The van der Waals surface area contributed by atoms with Crippen LogP contribution in [0.2, 0.25) is 0 Å². The molecular weight excluding hydrogens is 302 g/mol. The van der Waals surface area contributed by atoms with Crippen LogP contribution < -0.4 is 9.64 Å². The van der Waals surface area contributed by atoms with E-state index in [4.69, 9.17) is 4.74 Å². The molecule has 0 saturated heterocycles. The van der Waals surface area contributed by atoms with Gasteiger partial charge in [-0.05, 0) is 38.0 Å². The summed E-state index contributed by atoms with van der Waals surface area (Å²) < 4.78 is 7.55. The second-order valence-corrected chi connectivity index (χ2v) is 6.10. The summed E-state index contributed by atoms with van der Waals surface area (Å²) in [5.74, 6) is 2.50. The molecular formula is C18H23N5O. The number of anilines is 1. The monoisotopic (exact) mass is 325 g/mol. The predicted molar refractivity (Wildman–Crippen MR) is 94.5 cm³/mol. The molecule has 0 fully saturated rings. The second-order valence-electron chi connectivity index (χ2n) is 6.10. The summed E-state index contributed by atoms with van der Waals surface area (Å²) in [4.78, 5) is 10.9. The number of benzene rings is 1. The van der Waals surface area contributed by atoms with Crippen molar-refractivity contribution in [3.63, 3.8) is 0 Å². The van der Waals surface area contributed by atoms with E-state index in [-0.39, 0.29) is 6.10 Å². The van der Waals surface area contributed by atoms with Gasteiger partial charge in [0.25, 0.3) is 5.78 Å².